The molecule has 0 aromatic heterocycles. The van der Waals surface area contributed by atoms with Crippen molar-refractivity contribution in [1.82, 2.24) is 4.90 Å². The highest BCUT2D eigenvalue weighted by Crippen LogP contribution is 2.01. The Morgan fingerprint density at radius 2 is 1.78 bits per heavy atom. The van der Waals surface area contributed by atoms with Crippen LogP contribution in [0, 0.1) is 0 Å². The van der Waals surface area contributed by atoms with E-state index >= 15 is 0 Å². The molecule has 0 unspecified atom stereocenters. The van der Waals surface area contributed by atoms with Gasteiger partial charge in [-0.3, -0.25) is 4.79 Å². The smallest absolute Gasteiger partial charge is 0.135 e. The number of Topliss-reactive ketones (excluding diaryl/α,β-unsaturated/α-hetero) is 1. The van der Waals surface area contributed by atoms with Gasteiger partial charge < -0.3 is 10.4 Å². The number of hydrogen-bond donors (Lipinski definition) is 0. The maximum absolute atomic E-state index is 10.6. The molecule has 2 N–H and O–H groups in total. The molecule has 1 heterocycles. The van der Waals surface area contributed by atoms with E-state index < -0.39 is 0 Å². The highest BCUT2D eigenvalue weighted by atomic mass is 16.1. The molecule has 1 aliphatic rings. The summed E-state index contributed by atoms with van der Waals surface area (Å²) in [5.41, 5.74) is 0. The largest absolute Gasteiger partial charge is 0.412 e. The minimum atomic E-state index is 0. The van der Waals surface area contributed by atoms with Crippen LogP contribution < -0.4 is 0 Å². The maximum atomic E-state index is 10.6. The third-order valence-corrected chi connectivity index (χ3v) is 1.54. The van der Waals surface area contributed by atoms with Crippen molar-refractivity contribution < 1.29 is 10.3 Å². The van der Waals surface area contributed by atoms with Gasteiger partial charge >= 0.3 is 0 Å². The number of carbonyl (C=O) groups excluding carboxylic acids is 1. The highest BCUT2D eigenvalue weighted by Gasteiger charge is 2.10. The topological polar surface area (TPSA) is 51.8 Å². The van der Waals surface area contributed by atoms with Crippen LogP contribution in [-0.2, 0) is 4.79 Å². The first-order chi connectivity index (χ1) is 3.79. The number of nitrogens with zero attached hydrogens (tertiary/aromatic N) is 1. The molecule has 0 radical (unpaired) electrons. The fraction of sp³-hybridized carbons (Fsp3) is 0.833. The Labute approximate surface area is 55.0 Å². The summed E-state index contributed by atoms with van der Waals surface area (Å²) in [4.78, 5) is 12.8. The third kappa shape index (κ3) is 2.58. The van der Waals surface area contributed by atoms with Gasteiger partial charge in [-0.1, -0.05) is 0 Å². The van der Waals surface area contributed by atoms with E-state index in [-0.39, 0.29) is 5.48 Å². The van der Waals surface area contributed by atoms with E-state index in [1.165, 1.54) is 0 Å². The lowest BCUT2D eigenvalue weighted by molar-refractivity contribution is -0.121. The molecule has 1 rings (SSSR count). The minimum Gasteiger partial charge on any atom is -0.412 e. The molecule has 1 saturated heterocycles. The Hall–Kier alpha value is -0.410. The van der Waals surface area contributed by atoms with Crippen LogP contribution in [0.5, 0.6) is 0 Å². The Morgan fingerprint density at radius 3 is 2.11 bits per heavy atom. The second-order valence-corrected chi connectivity index (χ2v) is 2.34. The molecule has 0 aliphatic carbocycles. The lowest BCUT2D eigenvalue weighted by atomic mass is 10.1. The standard InChI is InChI=1S/C6H11NO.H2O/c1-7-4-2-6(8)3-5-7;/h2-5H2,1H3;1H2. The van der Waals surface area contributed by atoms with Crippen molar-refractivity contribution in [1.29, 1.82) is 0 Å². The van der Waals surface area contributed by atoms with Crippen molar-refractivity contribution in [3.05, 3.63) is 0 Å². The van der Waals surface area contributed by atoms with Gasteiger partial charge in [0, 0.05) is 25.9 Å². The van der Waals surface area contributed by atoms with Gasteiger partial charge in [-0.25, -0.2) is 0 Å². The molecule has 1 fully saturated rings. The monoisotopic (exact) mass is 131 g/mol. The predicted octanol–water partition coefficient (Wildman–Crippen LogP) is -0.544. The molecule has 0 spiro atoms. The summed E-state index contributed by atoms with van der Waals surface area (Å²) in [6.45, 7) is 1.91. The highest BCUT2D eigenvalue weighted by molar-refractivity contribution is 5.79. The van der Waals surface area contributed by atoms with Gasteiger partial charge in [-0.15, -0.1) is 0 Å². The molecule has 3 heteroatoms. The van der Waals surface area contributed by atoms with Gasteiger partial charge in [-0.2, -0.15) is 0 Å². The first kappa shape index (κ1) is 8.59. The summed E-state index contributed by atoms with van der Waals surface area (Å²) < 4.78 is 0. The molecular formula is C6H13NO2. The number of ketones is 1. The average Bonchev–Trinajstić information content (AvgIpc) is 1.77. The van der Waals surface area contributed by atoms with E-state index in [0.29, 0.717) is 5.78 Å². The molecule has 9 heavy (non-hydrogen) atoms. The number of likely N-dealkylation sites (tertiary alicyclic amines) is 1. The third-order valence-electron chi connectivity index (χ3n) is 1.54. The zero-order valence-electron chi connectivity index (χ0n) is 5.68. The Bertz CT molecular complexity index is 93.2. The number of carbonyl (C=O) groups is 1. The summed E-state index contributed by atoms with van der Waals surface area (Å²) >= 11 is 0. The van der Waals surface area contributed by atoms with Gasteiger partial charge in [0.25, 0.3) is 0 Å². The summed E-state index contributed by atoms with van der Waals surface area (Å²) in [6, 6.07) is 0. The van der Waals surface area contributed by atoms with E-state index in [4.69, 9.17) is 0 Å². The summed E-state index contributed by atoms with van der Waals surface area (Å²) in [7, 11) is 2.05. The van der Waals surface area contributed by atoms with Crippen molar-refractivity contribution in [2.45, 2.75) is 12.8 Å². The molecular weight excluding hydrogens is 118 g/mol. The van der Waals surface area contributed by atoms with Crippen molar-refractivity contribution in [3.8, 4) is 0 Å². The van der Waals surface area contributed by atoms with E-state index in [1.807, 2.05) is 7.05 Å². The van der Waals surface area contributed by atoms with Gasteiger partial charge in [0.15, 0.2) is 0 Å². The summed E-state index contributed by atoms with van der Waals surface area (Å²) in [5, 5.41) is 0. The second kappa shape index (κ2) is 3.58. The quantitative estimate of drug-likeness (QED) is 0.443. The molecule has 0 aromatic carbocycles. The van der Waals surface area contributed by atoms with Crippen LogP contribution in [0.25, 0.3) is 0 Å². The van der Waals surface area contributed by atoms with Crippen LogP contribution in [0.3, 0.4) is 0 Å². The van der Waals surface area contributed by atoms with Gasteiger partial charge in [-0.05, 0) is 7.05 Å². The maximum Gasteiger partial charge on any atom is 0.135 e. The number of hydrogen-bond acceptors (Lipinski definition) is 2. The van der Waals surface area contributed by atoms with Crippen LogP contribution in [0.2, 0.25) is 0 Å². The first-order valence-corrected chi connectivity index (χ1v) is 2.99. The average molecular weight is 131 g/mol. The van der Waals surface area contributed by atoms with Crippen molar-refractivity contribution >= 4 is 5.78 Å². The zero-order valence-corrected chi connectivity index (χ0v) is 5.68. The van der Waals surface area contributed by atoms with E-state index in [0.717, 1.165) is 25.9 Å². The van der Waals surface area contributed by atoms with Crippen molar-refractivity contribution in [3.63, 3.8) is 0 Å². The SMILES string of the molecule is CN1CCC(=O)CC1.O. The summed E-state index contributed by atoms with van der Waals surface area (Å²) in [5.74, 6) is 0.420. The molecule has 54 valence electrons. The number of piperidine rings is 1. The molecule has 0 bridgehead atoms. The van der Waals surface area contributed by atoms with Crippen molar-refractivity contribution in [2.24, 2.45) is 0 Å². The molecule has 1 aliphatic heterocycles. The van der Waals surface area contributed by atoms with Gasteiger partial charge in [0.05, 0.1) is 0 Å². The van der Waals surface area contributed by atoms with Gasteiger partial charge in [0.2, 0.25) is 0 Å². The zero-order chi connectivity index (χ0) is 5.98. The Morgan fingerprint density at radius 1 is 1.33 bits per heavy atom. The predicted molar refractivity (Wildman–Crippen MR) is 35.4 cm³/mol. The molecule has 0 aromatic rings. The fourth-order valence-corrected chi connectivity index (χ4v) is 0.868. The minimum absolute atomic E-state index is 0. The fourth-order valence-electron chi connectivity index (χ4n) is 0.868. The van der Waals surface area contributed by atoms with Crippen LogP contribution >= 0.6 is 0 Å². The van der Waals surface area contributed by atoms with Crippen LogP contribution in [0.4, 0.5) is 0 Å². The summed E-state index contributed by atoms with van der Waals surface area (Å²) in [6.07, 6.45) is 1.52. The Balaban J connectivity index is 0.000000640. The van der Waals surface area contributed by atoms with E-state index in [1.54, 1.807) is 0 Å². The second-order valence-electron chi connectivity index (χ2n) is 2.34. The van der Waals surface area contributed by atoms with Crippen LogP contribution in [0.15, 0.2) is 0 Å². The van der Waals surface area contributed by atoms with E-state index in [9.17, 15) is 4.79 Å². The molecule has 0 atom stereocenters. The molecule has 0 amide bonds. The van der Waals surface area contributed by atoms with E-state index in [2.05, 4.69) is 4.90 Å². The van der Waals surface area contributed by atoms with Crippen molar-refractivity contribution in [2.75, 3.05) is 20.1 Å². The first-order valence-electron chi connectivity index (χ1n) is 2.99. The van der Waals surface area contributed by atoms with Crippen LogP contribution in [-0.4, -0.2) is 36.3 Å². The normalized spacial score (nSPS) is 21.2. The molecule has 3 nitrogen and oxygen atoms in total. The van der Waals surface area contributed by atoms with Gasteiger partial charge in [0.1, 0.15) is 5.78 Å². The number of rotatable bonds is 0. The van der Waals surface area contributed by atoms with Crippen LogP contribution in [0.1, 0.15) is 12.8 Å². The lowest BCUT2D eigenvalue weighted by Gasteiger charge is -2.19. The molecule has 0 saturated carbocycles. The lowest BCUT2D eigenvalue weighted by Crippen LogP contribution is -2.29. The Kier molecular flexibility index (Phi) is 3.42.